The van der Waals surface area contributed by atoms with Crippen molar-refractivity contribution in [1.82, 2.24) is 4.90 Å². The monoisotopic (exact) mass is 499 g/mol. The summed E-state index contributed by atoms with van der Waals surface area (Å²) < 4.78 is 43.7. The van der Waals surface area contributed by atoms with Crippen LogP contribution in [0.5, 0.6) is 5.75 Å². The van der Waals surface area contributed by atoms with Gasteiger partial charge in [-0.15, -0.1) is 0 Å². The van der Waals surface area contributed by atoms with Gasteiger partial charge in [-0.25, -0.2) is 12.8 Å². The van der Waals surface area contributed by atoms with Crippen LogP contribution in [0.3, 0.4) is 0 Å². The summed E-state index contributed by atoms with van der Waals surface area (Å²) in [6.45, 7) is 3.82. The molecule has 186 valence electrons. The molecule has 35 heavy (non-hydrogen) atoms. The molecule has 2 aromatic rings. The Morgan fingerprint density at radius 1 is 1.14 bits per heavy atom. The van der Waals surface area contributed by atoms with E-state index in [0.29, 0.717) is 43.3 Å². The predicted molar refractivity (Wildman–Crippen MR) is 133 cm³/mol. The van der Waals surface area contributed by atoms with Crippen molar-refractivity contribution in [3.8, 4) is 5.75 Å². The van der Waals surface area contributed by atoms with Crippen molar-refractivity contribution in [1.29, 1.82) is 0 Å². The van der Waals surface area contributed by atoms with E-state index in [0.717, 1.165) is 24.9 Å². The van der Waals surface area contributed by atoms with E-state index in [1.165, 1.54) is 19.1 Å². The van der Waals surface area contributed by atoms with Crippen LogP contribution in [0.25, 0.3) is 0 Å². The smallest absolute Gasteiger partial charge is 0.176 e. The largest absolute Gasteiger partial charge is 0.489 e. The zero-order valence-electron chi connectivity index (χ0n) is 19.8. The standard InChI is InChI=1S/C26H30FN3O4S/c1-19(31)25-26(20-7-3-2-4-8-20,11-5-6-12-29-13-15-35(32,33)16-14-29)24-18-34-23-10-9-21(27)17-22(23)30(24)28-25/h2-4,7-10,17,24H,5-6,11-16,18H2,1H3/t24-,26+/m0/s1. The first-order valence-electron chi connectivity index (χ1n) is 12.1. The SMILES string of the molecule is CC(=O)C1=NN2c3cc(F)ccc3OC[C@H]2[C@@]1(CCCCN1CCS(=O)(=O)CC1)c1ccccc1. The number of unbranched alkanes of at least 4 members (excludes halogenated alkanes) is 1. The van der Waals surface area contributed by atoms with Crippen molar-refractivity contribution >= 4 is 27.0 Å². The highest BCUT2D eigenvalue weighted by atomic mass is 32.2. The summed E-state index contributed by atoms with van der Waals surface area (Å²) in [5.41, 5.74) is 1.31. The zero-order chi connectivity index (χ0) is 24.6. The van der Waals surface area contributed by atoms with Gasteiger partial charge in [0.15, 0.2) is 15.6 Å². The molecule has 2 atom stereocenters. The molecule has 0 amide bonds. The number of hydrazone groups is 1. The van der Waals surface area contributed by atoms with E-state index < -0.39 is 15.3 Å². The summed E-state index contributed by atoms with van der Waals surface area (Å²) in [4.78, 5) is 15.2. The number of halogens is 1. The number of Topliss-reactive ketones (excluding diaryl/α,β-unsaturated/α-hetero) is 1. The van der Waals surface area contributed by atoms with Crippen molar-refractivity contribution in [2.45, 2.75) is 37.6 Å². The van der Waals surface area contributed by atoms with E-state index in [4.69, 9.17) is 9.84 Å². The van der Waals surface area contributed by atoms with Gasteiger partial charge in [-0.2, -0.15) is 5.10 Å². The van der Waals surface area contributed by atoms with Gasteiger partial charge < -0.3 is 9.64 Å². The Morgan fingerprint density at radius 2 is 1.89 bits per heavy atom. The van der Waals surface area contributed by atoms with Crippen molar-refractivity contribution < 1.29 is 22.3 Å². The molecule has 1 fully saturated rings. The van der Waals surface area contributed by atoms with Gasteiger partial charge in [0, 0.05) is 26.1 Å². The van der Waals surface area contributed by atoms with Crippen molar-refractivity contribution in [3.63, 3.8) is 0 Å². The summed E-state index contributed by atoms with van der Waals surface area (Å²) in [5, 5.41) is 6.56. The fraction of sp³-hybridized carbons (Fsp3) is 0.462. The first kappa shape index (κ1) is 23.9. The Balaban J connectivity index is 1.43. The zero-order valence-corrected chi connectivity index (χ0v) is 20.6. The van der Waals surface area contributed by atoms with Gasteiger partial charge in [0.05, 0.1) is 16.9 Å². The van der Waals surface area contributed by atoms with Crippen molar-refractivity contribution in [2.75, 3.05) is 42.8 Å². The fourth-order valence-corrected chi connectivity index (χ4v) is 6.90. The van der Waals surface area contributed by atoms with Gasteiger partial charge in [0.1, 0.15) is 35.6 Å². The number of benzene rings is 2. The predicted octanol–water partition coefficient (Wildman–Crippen LogP) is 3.19. The highest BCUT2D eigenvalue weighted by molar-refractivity contribution is 7.91. The molecular formula is C26H30FN3O4S. The van der Waals surface area contributed by atoms with Crippen LogP contribution in [0, 0.1) is 5.82 Å². The summed E-state index contributed by atoms with van der Waals surface area (Å²) in [6, 6.07) is 14.0. The summed E-state index contributed by atoms with van der Waals surface area (Å²) in [5.74, 6) is 0.493. The number of carbonyl (C=O) groups is 1. The average molecular weight is 500 g/mol. The number of ether oxygens (including phenoxy) is 1. The summed E-state index contributed by atoms with van der Waals surface area (Å²) >= 11 is 0. The highest BCUT2D eigenvalue weighted by Gasteiger charge is 2.55. The Labute approximate surface area is 205 Å². The number of fused-ring (bicyclic) bond motifs is 3. The molecule has 0 aliphatic carbocycles. The minimum Gasteiger partial charge on any atom is -0.489 e. The number of anilines is 1. The molecule has 1 saturated heterocycles. The molecule has 0 radical (unpaired) electrons. The Hall–Kier alpha value is -2.78. The van der Waals surface area contributed by atoms with E-state index >= 15 is 0 Å². The van der Waals surface area contributed by atoms with E-state index in [-0.39, 0.29) is 29.1 Å². The molecule has 0 aromatic heterocycles. The van der Waals surface area contributed by atoms with Gasteiger partial charge in [-0.1, -0.05) is 36.8 Å². The third kappa shape index (κ3) is 4.47. The Morgan fingerprint density at radius 3 is 2.60 bits per heavy atom. The van der Waals surface area contributed by atoms with E-state index in [2.05, 4.69) is 4.90 Å². The second kappa shape index (κ2) is 9.35. The molecule has 5 rings (SSSR count). The average Bonchev–Trinajstić information content (AvgIpc) is 3.19. The van der Waals surface area contributed by atoms with E-state index in [1.807, 2.05) is 30.3 Å². The molecule has 2 aromatic carbocycles. The van der Waals surface area contributed by atoms with Crippen LogP contribution in [0.4, 0.5) is 10.1 Å². The number of sulfone groups is 1. The molecule has 0 N–H and O–H groups in total. The third-order valence-corrected chi connectivity index (χ3v) is 9.02. The first-order chi connectivity index (χ1) is 16.8. The fourth-order valence-electron chi connectivity index (χ4n) is 5.62. The van der Waals surface area contributed by atoms with Gasteiger partial charge in [0.25, 0.3) is 0 Å². The van der Waals surface area contributed by atoms with Crippen LogP contribution in [0.1, 0.15) is 31.7 Å². The Bertz CT molecular complexity index is 1240. The second-order valence-corrected chi connectivity index (χ2v) is 11.9. The maximum absolute atomic E-state index is 14.2. The molecule has 9 heteroatoms. The quantitative estimate of drug-likeness (QED) is 0.545. The number of carbonyl (C=O) groups excluding carboxylic acids is 1. The lowest BCUT2D eigenvalue weighted by molar-refractivity contribution is -0.111. The molecule has 3 aliphatic heterocycles. The van der Waals surface area contributed by atoms with Crippen LogP contribution in [0.2, 0.25) is 0 Å². The normalized spacial score (nSPS) is 25.4. The van der Waals surface area contributed by atoms with Gasteiger partial charge in [-0.05, 0) is 37.1 Å². The topological polar surface area (TPSA) is 79.3 Å². The van der Waals surface area contributed by atoms with Crippen LogP contribution in [-0.4, -0.2) is 68.6 Å². The maximum Gasteiger partial charge on any atom is 0.176 e. The van der Waals surface area contributed by atoms with Gasteiger partial charge in [-0.3, -0.25) is 9.80 Å². The van der Waals surface area contributed by atoms with Crippen LogP contribution >= 0.6 is 0 Å². The van der Waals surface area contributed by atoms with Crippen LogP contribution in [0.15, 0.2) is 53.6 Å². The molecule has 0 spiro atoms. The molecule has 0 unspecified atom stereocenters. The Kier molecular flexibility index (Phi) is 6.40. The molecule has 0 saturated carbocycles. The minimum absolute atomic E-state index is 0.109. The lowest BCUT2D eigenvalue weighted by Crippen LogP contribution is -2.53. The maximum atomic E-state index is 14.2. The van der Waals surface area contributed by atoms with Crippen LogP contribution in [-0.2, 0) is 20.0 Å². The molecule has 3 heterocycles. The highest BCUT2D eigenvalue weighted by Crippen LogP contribution is 2.48. The molecule has 7 nitrogen and oxygen atoms in total. The number of ketones is 1. The third-order valence-electron chi connectivity index (χ3n) is 7.41. The molecule has 0 bridgehead atoms. The number of hydrogen-bond acceptors (Lipinski definition) is 7. The lowest BCUT2D eigenvalue weighted by Gasteiger charge is -2.41. The number of nitrogens with zero attached hydrogens (tertiary/aromatic N) is 3. The summed E-state index contributed by atoms with van der Waals surface area (Å²) in [6.07, 6.45) is 2.38. The van der Waals surface area contributed by atoms with Crippen LogP contribution < -0.4 is 9.75 Å². The first-order valence-corrected chi connectivity index (χ1v) is 13.9. The summed E-state index contributed by atoms with van der Waals surface area (Å²) in [7, 11) is -2.90. The van der Waals surface area contributed by atoms with Gasteiger partial charge in [0.2, 0.25) is 0 Å². The van der Waals surface area contributed by atoms with E-state index in [1.54, 1.807) is 11.1 Å². The molecular weight excluding hydrogens is 469 g/mol. The molecule has 3 aliphatic rings. The van der Waals surface area contributed by atoms with Crippen molar-refractivity contribution in [3.05, 3.63) is 59.9 Å². The number of rotatable bonds is 7. The second-order valence-electron chi connectivity index (χ2n) is 9.58. The minimum atomic E-state index is -2.90. The lowest BCUT2D eigenvalue weighted by atomic mass is 9.67. The van der Waals surface area contributed by atoms with Crippen molar-refractivity contribution in [2.24, 2.45) is 5.10 Å². The van der Waals surface area contributed by atoms with E-state index in [9.17, 15) is 17.6 Å². The van der Waals surface area contributed by atoms with Gasteiger partial charge >= 0.3 is 0 Å². The number of hydrogen-bond donors (Lipinski definition) is 0.